The third-order valence-electron chi connectivity index (χ3n) is 4.12. The van der Waals surface area contributed by atoms with Gasteiger partial charge in [-0.25, -0.2) is 4.79 Å². The first-order valence-corrected chi connectivity index (χ1v) is 9.76. The Morgan fingerprint density at radius 1 is 1.38 bits per heavy atom. The Morgan fingerprint density at radius 2 is 2.17 bits per heavy atom. The molecule has 0 aliphatic heterocycles. The minimum absolute atomic E-state index is 0.148. The summed E-state index contributed by atoms with van der Waals surface area (Å²) in [6.45, 7) is 2.21. The van der Waals surface area contributed by atoms with Crippen LogP contribution in [0.2, 0.25) is 4.34 Å². The number of fused-ring (bicyclic) bond motifs is 1. The van der Waals surface area contributed by atoms with Crippen molar-refractivity contribution < 1.29 is 14.3 Å². The number of thiophene rings is 2. The van der Waals surface area contributed by atoms with E-state index in [2.05, 4.69) is 12.2 Å². The molecule has 0 fully saturated rings. The lowest BCUT2D eigenvalue weighted by molar-refractivity contribution is -0.115. The van der Waals surface area contributed by atoms with Gasteiger partial charge in [0.25, 0.3) is 0 Å². The van der Waals surface area contributed by atoms with Gasteiger partial charge in [0.1, 0.15) is 5.00 Å². The van der Waals surface area contributed by atoms with E-state index in [1.54, 1.807) is 6.07 Å². The second-order valence-electron chi connectivity index (χ2n) is 5.98. The summed E-state index contributed by atoms with van der Waals surface area (Å²) in [5.41, 5.74) is 1.57. The van der Waals surface area contributed by atoms with Gasteiger partial charge in [-0.1, -0.05) is 18.5 Å². The third-order valence-corrected chi connectivity index (χ3v) is 6.52. The van der Waals surface area contributed by atoms with E-state index in [4.69, 9.17) is 16.3 Å². The molecule has 1 aliphatic carbocycles. The van der Waals surface area contributed by atoms with Crippen LogP contribution in [0.1, 0.15) is 39.0 Å². The van der Waals surface area contributed by atoms with Gasteiger partial charge < -0.3 is 10.1 Å². The lowest BCUT2D eigenvalue weighted by Crippen LogP contribution is -2.17. The first-order valence-electron chi connectivity index (χ1n) is 7.74. The Labute approximate surface area is 153 Å². The summed E-state index contributed by atoms with van der Waals surface area (Å²) in [5, 5.41) is 3.50. The molecule has 2 aromatic heterocycles. The number of amides is 1. The molecule has 0 saturated carbocycles. The number of ether oxygens (including phenoxy) is 1. The second kappa shape index (κ2) is 7.25. The minimum atomic E-state index is -0.378. The van der Waals surface area contributed by atoms with Crippen LogP contribution in [-0.2, 0) is 28.8 Å². The second-order valence-corrected chi connectivity index (χ2v) is 8.88. The quantitative estimate of drug-likeness (QED) is 0.787. The van der Waals surface area contributed by atoms with Gasteiger partial charge in [-0.2, -0.15) is 0 Å². The Morgan fingerprint density at radius 3 is 2.83 bits per heavy atom. The molecule has 2 heterocycles. The summed E-state index contributed by atoms with van der Waals surface area (Å²) in [6, 6.07) is 3.62. The Balaban J connectivity index is 1.84. The summed E-state index contributed by atoms with van der Waals surface area (Å²) in [4.78, 5) is 26.6. The van der Waals surface area contributed by atoms with Gasteiger partial charge in [-0.05, 0) is 42.9 Å². The van der Waals surface area contributed by atoms with Crippen LogP contribution < -0.4 is 5.32 Å². The van der Waals surface area contributed by atoms with Gasteiger partial charge in [0.2, 0.25) is 5.91 Å². The van der Waals surface area contributed by atoms with Crippen molar-refractivity contribution in [1.82, 2.24) is 0 Å². The highest BCUT2D eigenvalue weighted by atomic mass is 35.5. The van der Waals surface area contributed by atoms with Crippen LogP contribution in [0.25, 0.3) is 0 Å². The summed E-state index contributed by atoms with van der Waals surface area (Å²) in [7, 11) is 1.37. The number of esters is 1. The predicted octanol–water partition coefficient (Wildman–Crippen LogP) is 4.56. The van der Waals surface area contributed by atoms with Crippen LogP contribution >= 0.6 is 34.3 Å². The van der Waals surface area contributed by atoms with Gasteiger partial charge in [0, 0.05) is 9.75 Å². The number of rotatable bonds is 4. The average molecular weight is 384 g/mol. The van der Waals surface area contributed by atoms with Crippen molar-refractivity contribution in [2.45, 2.75) is 32.6 Å². The van der Waals surface area contributed by atoms with E-state index in [9.17, 15) is 9.59 Å². The molecule has 128 valence electrons. The normalized spacial score (nSPS) is 16.5. The Kier molecular flexibility index (Phi) is 5.27. The van der Waals surface area contributed by atoms with Gasteiger partial charge in [0.05, 0.1) is 23.4 Å². The molecule has 0 saturated heterocycles. The molecule has 0 spiro atoms. The molecule has 1 atom stereocenters. The highest BCUT2D eigenvalue weighted by Crippen LogP contribution is 2.40. The van der Waals surface area contributed by atoms with E-state index >= 15 is 0 Å². The zero-order chi connectivity index (χ0) is 17.3. The van der Waals surface area contributed by atoms with E-state index in [1.807, 2.05) is 6.07 Å². The van der Waals surface area contributed by atoms with E-state index < -0.39 is 0 Å². The number of nitrogens with one attached hydrogen (secondary N) is 1. The molecule has 0 aromatic carbocycles. The lowest BCUT2D eigenvalue weighted by Gasteiger charge is -2.18. The van der Waals surface area contributed by atoms with Crippen molar-refractivity contribution in [2.24, 2.45) is 5.92 Å². The van der Waals surface area contributed by atoms with Crippen LogP contribution in [-0.4, -0.2) is 19.0 Å². The topological polar surface area (TPSA) is 55.4 Å². The van der Waals surface area contributed by atoms with Crippen molar-refractivity contribution in [3.05, 3.63) is 37.4 Å². The standard InChI is InChI=1S/C17H18ClNO3S2/c1-9-3-5-11-12(7-9)24-16(15(11)17(21)22-2)19-14(20)8-10-4-6-13(18)23-10/h4,6,9H,3,5,7-8H2,1-2H3,(H,19,20). The zero-order valence-corrected chi connectivity index (χ0v) is 15.9. The third kappa shape index (κ3) is 3.66. The molecule has 1 N–H and O–H groups in total. The largest absolute Gasteiger partial charge is 0.465 e. The van der Waals surface area contributed by atoms with Crippen molar-refractivity contribution in [1.29, 1.82) is 0 Å². The highest BCUT2D eigenvalue weighted by molar-refractivity contribution is 7.17. The van der Waals surface area contributed by atoms with Crippen LogP contribution in [0.3, 0.4) is 0 Å². The molecular weight excluding hydrogens is 366 g/mol. The molecule has 1 aliphatic rings. The predicted molar refractivity (Wildman–Crippen MR) is 98.5 cm³/mol. The Hall–Kier alpha value is -1.37. The van der Waals surface area contributed by atoms with E-state index in [-0.39, 0.29) is 18.3 Å². The molecule has 2 aromatic rings. The number of carbonyl (C=O) groups is 2. The minimum Gasteiger partial charge on any atom is -0.465 e. The first kappa shape index (κ1) is 17.5. The maximum absolute atomic E-state index is 12.3. The van der Waals surface area contributed by atoms with Gasteiger partial charge in [-0.15, -0.1) is 22.7 Å². The van der Waals surface area contributed by atoms with Gasteiger partial charge in [-0.3, -0.25) is 4.79 Å². The zero-order valence-electron chi connectivity index (χ0n) is 13.5. The molecule has 24 heavy (non-hydrogen) atoms. The maximum Gasteiger partial charge on any atom is 0.341 e. The highest BCUT2D eigenvalue weighted by Gasteiger charge is 2.28. The summed E-state index contributed by atoms with van der Waals surface area (Å²) >= 11 is 8.78. The SMILES string of the molecule is COC(=O)c1c(NC(=O)Cc2ccc(Cl)s2)sc2c1CCC(C)C2. The van der Waals surface area contributed by atoms with E-state index in [1.165, 1.54) is 34.7 Å². The molecule has 0 bridgehead atoms. The average Bonchev–Trinajstić information content (AvgIpc) is 3.09. The number of methoxy groups -OCH3 is 1. The van der Waals surface area contributed by atoms with Crippen LogP contribution in [0.5, 0.6) is 0 Å². The van der Waals surface area contributed by atoms with E-state index in [0.29, 0.717) is 20.8 Å². The fourth-order valence-electron chi connectivity index (χ4n) is 2.93. The number of anilines is 1. The number of halogens is 1. The molecule has 4 nitrogen and oxygen atoms in total. The number of carbonyl (C=O) groups excluding carboxylic acids is 2. The van der Waals surface area contributed by atoms with Gasteiger partial charge in [0.15, 0.2) is 0 Å². The van der Waals surface area contributed by atoms with Crippen LogP contribution in [0.4, 0.5) is 5.00 Å². The molecule has 1 unspecified atom stereocenters. The fraction of sp³-hybridized carbons (Fsp3) is 0.412. The summed E-state index contributed by atoms with van der Waals surface area (Å²) in [6.07, 6.45) is 3.10. The molecule has 7 heteroatoms. The molecule has 0 radical (unpaired) electrons. The number of hydrogen-bond donors (Lipinski definition) is 1. The summed E-state index contributed by atoms with van der Waals surface area (Å²) < 4.78 is 5.59. The summed E-state index contributed by atoms with van der Waals surface area (Å²) in [5.74, 6) is 0.0697. The number of hydrogen-bond acceptors (Lipinski definition) is 5. The molecule has 1 amide bonds. The van der Waals surface area contributed by atoms with Crippen LogP contribution in [0, 0.1) is 5.92 Å². The molecular formula is C17H18ClNO3S2. The smallest absolute Gasteiger partial charge is 0.341 e. The van der Waals surface area contributed by atoms with E-state index in [0.717, 1.165) is 29.7 Å². The van der Waals surface area contributed by atoms with Crippen molar-refractivity contribution in [3.8, 4) is 0 Å². The maximum atomic E-state index is 12.3. The van der Waals surface area contributed by atoms with Gasteiger partial charge >= 0.3 is 5.97 Å². The van der Waals surface area contributed by atoms with Crippen LogP contribution in [0.15, 0.2) is 12.1 Å². The van der Waals surface area contributed by atoms with Crippen molar-refractivity contribution >= 4 is 51.2 Å². The first-order chi connectivity index (χ1) is 11.5. The molecule has 3 rings (SSSR count). The van der Waals surface area contributed by atoms with Crippen molar-refractivity contribution in [2.75, 3.05) is 12.4 Å². The lowest BCUT2D eigenvalue weighted by atomic mass is 9.88. The van der Waals surface area contributed by atoms with Crippen molar-refractivity contribution in [3.63, 3.8) is 0 Å². The fourth-order valence-corrected chi connectivity index (χ4v) is 5.43. The monoisotopic (exact) mass is 383 g/mol. The Bertz CT molecular complexity index is 781.